The van der Waals surface area contributed by atoms with Crippen molar-refractivity contribution in [3.05, 3.63) is 80.4 Å². The number of halogens is 3. The van der Waals surface area contributed by atoms with Crippen molar-refractivity contribution in [2.45, 2.75) is 51.6 Å². The Morgan fingerprint density at radius 2 is 1.95 bits per heavy atom. The summed E-state index contributed by atoms with van der Waals surface area (Å²) in [7, 11) is 0. The number of nitrogens with one attached hydrogen (secondary N) is 1. The van der Waals surface area contributed by atoms with Gasteiger partial charge in [-0.2, -0.15) is 13.2 Å². The second-order valence-electron chi connectivity index (χ2n) is 8.82. The van der Waals surface area contributed by atoms with Gasteiger partial charge >= 0.3 is 17.9 Å². The van der Waals surface area contributed by atoms with Crippen LogP contribution in [-0.4, -0.2) is 28.3 Å². The largest absolute Gasteiger partial charge is 0.507 e. The van der Waals surface area contributed by atoms with Crippen molar-refractivity contribution in [3.8, 4) is 5.75 Å². The minimum Gasteiger partial charge on any atom is -0.507 e. The molecule has 0 saturated heterocycles. The molecule has 2 heterocycles. The van der Waals surface area contributed by atoms with Crippen molar-refractivity contribution in [3.63, 3.8) is 0 Å². The number of aryl methyl sites for hydroxylation is 1. The molecule has 1 amide bonds. The molecule has 1 aromatic carbocycles. The highest BCUT2D eigenvalue weighted by Gasteiger charge is 2.26. The summed E-state index contributed by atoms with van der Waals surface area (Å²) in [5, 5.41) is 21.9. The molecule has 0 aliphatic rings. The zero-order valence-corrected chi connectivity index (χ0v) is 21.4. The molecule has 3 rings (SSSR count). The Hall–Kier alpha value is -3.86. The maximum absolute atomic E-state index is 13.0. The van der Waals surface area contributed by atoms with E-state index in [0.29, 0.717) is 23.3 Å². The number of carbonyl (C=O) groups excluding carboxylic acids is 1. The summed E-state index contributed by atoms with van der Waals surface area (Å²) in [5.41, 5.74) is -0.729. The molecule has 0 fully saturated rings. The lowest BCUT2D eigenvalue weighted by Gasteiger charge is -2.11. The van der Waals surface area contributed by atoms with Gasteiger partial charge in [0, 0.05) is 34.2 Å². The van der Waals surface area contributed by atoms with E-state index in [1.54, 1.807) is 43.3 Å². The molecule has 202 valence electrons. The zero-order valence-electron chi connectivity index (χ0n) is 20.6. The fourth-order valence-electron chi connectivity index (χ4n) is 3.74. The second-order valence-corrected chi connectivity index (χ2v) is 9.93. The SMILES string of the molecule is C/C(=C\c1cc2ccc(CCC(F)(F)F)cc2s1)C(=O)c1c(O)cc(C(C)CC/C=C/NC(=O)O)oc1=O. The van der Waals surface area contributed by atoms with E-state index in [0.717, 1.165) is 10.1 Å². The molecule has 3 N–H and O–H groups in total. The van der Waals surface area contributed by atoms with Gasteiger partial charge in [-0.15, -0.1) is 11.3 Å². The summed E-state index contributed by atoms with van der Waals surface area (Å²) in [6, 6.07) is 8.08. The van der Waals surface area contributed by atoms with E-state index in [1.165, 1.54) is 30.5 Å². The molecular weight excluding hydrogens is 523 g/mol. The Balaban J connectivity index is 1.74. The Bertz CT molecular complexity index is 1450. The molecule has 38 heavy (non-hydrogen) atoms. The number of hydrogen-bond donors (Lipinski definition) is 3. The van der Waals surface area contributed by atoms with E-state index in [9.17, 15) is 32.7 Å². The molecule has 7 nitrogen and oxygen atoms in total. The van der Waals surface area contributed by atoms with Crippen LogP contribution in [0.2, 0.25) is 0 Å². The molecule has 1 atom stereocenters. The predicted molar refractivity (Wildman–Crippen MR) is 139 cm³/mol. The number of hydrogen-bond acceptors (Lipinski definition) is 6. The summed E-state index contributed by atoms with van der Waals surface area (Å²) in [6.07, 6.45) is -1.04. The van der Waals surface area contributed by atoms with Gasteiger partial charge in [0.2, 0.25) is 0 Å². The van der Waals surface area contributed by atoms with Gasteiger partial charge in [0.1, 0.15) is 17.1 Å². The van der Waals surface area contributed by atoms with E-state index in [2.05, 4.69) is 5.32 Å². The quantitative estimate of drug-likeness (QED) is 0.185. The number of carbonyl (C=O) groups is 2. The molecule has 11 heteroatoms. The molecule has 0 saturated carbocycles. The number of benzene rings is 1. The number of thiophene rings is 1. The molecule has 1 unspecified atom stereocenters. The Morgan fingerprint density at radius 1 is 1.21 bits per heavy atom. The molecule has 0 radical (unpaired) electrons. The van der Waals surface area contributed by atoms with Crippen molar-refractivity contribution < 1.29 is 37.4 Å². The number of fused-ring (bicyclic) bond motifs is 1. The van der Waals surface area contributed by atoms with Crippen molar-refractivity contribution in [1.29, 1.82) is 0 Å². The highest BCUT2D eigenvalue weighted by atomic mass is 32.1. The van der Waals surface area contributed by atoms with Crippen LogP contribution in [0.5, 0.6) is 5.75 Å². The Labute approximate surface area is 219 Å². The van der Waals surface area contributed by atoms with Crippen LogP contribution in [-0.2, 0) is 6.42 Å². The van der Waals surface area contributed by atoms with Crippen LogP contribution >= 0.6 is 11.3 Å². The van der Waals surface area contributed by atoms with Gasteiger partial charge in [0.05, 0.1) is 0 Å². The van der Waals surface area contributed by atoms with E-state index in [4.69, 9.17) is 9.52 Å². The van der Waals surface area contributed by atoms with Crippen molar-refractivity contribution in [1.82, 2.24) is 5.32 Å². The molecular formula is C27H26F3NO6S. The number of rotatable bonds is 10. The Morgan fingerprint density at radius 3 is 2.61 bits per heavy atom. The van der Waals surface area contributed by atoms with Crippen molar-refractivity contribution in [2.75, 3.05) is 0 Å². The van der Waals surface area contributed by atoms with E-state index in [1.807, 2.05) is 0 Å². The van der Waals surface area contributed by atoms with Crippen molar-refractivity contribution >= 4 is 39.4 Å². The third-order valence-corrected chi connectivity index (χ3v) is 6.82. The lowest BCUT2D eigenvalue weighted by Crippen LogP contribution is -2.16. The van der Waals surface area contributed by atoms with Gasteiger partial charge in [-0.25, -0.2) is 9.59 Å². The third-order valence-electron chi connectivity index (χ3n) is 5.77. The van der Waals surface area contributed by atoms with E-state index < -0.39 is 41.4 Å². The molecule has 0 aliphatic heterocycles. The van der Waals surface area contributed by atoms with Crippen LogP contribution in [0.15, 0.2) is 57.4 Å². The molecule has 0 spiro atoms. The van der Waals surface area contributed by atoms with Crippen LogP contribution in [0.3, 0.4) is 0 Å². The maximum Gasteiger partial charge on any atom is 0.408 e. The minimum atomic E-state index is -4.23. The topological polar surface area (TPSA) is 117 Å². The van der Waals surface area contributed by atoms with Crippen molar-refractivity contribution in [2.24, 2.45) is 0 Å². The number of ketones is 1. The van der Waals surface area contributed by atoms with Crippen LogP contribution in [0.1, 0.15) is 65.6 Å². The number of carboxylic acid groups (broad SMARTS) is 1. The highest BCUT2D eigenvalue weighted by Crippen LogP contribution is 2.31. The van der Waals surface area contributed by atoms with Crippen LogP contribution in [0.4, 0.5) is 18.0 Å². The molecule has 2 aromatic heterocycles. The molecule has 0 bridgehead atoms. The lowest BCUT2D eigenvalue weighted by molar-refractivity contribution is -0.134. The summed E-state index contributed by atoms with van der Waals surface area (Å²) in [5.74, 6) is -1.31. The monoisotopic (exact) mass is 549 g/mol. The first kappa shape index (κ1) is 28.7. The van der Waals surface area contributed by atoms with Gasteiger partial charge in [0.25, 0.3) is 0 Å². The first-order valence-electron chi connectivity index (χ1n) is 11.7. The number of amides is 1. The fourth-order valence-corrected chi connectivity index (χ4v) is 4.87. The van der Waals surface area contributed by atoms with Gasteiger partial charge in [-0.1, -0.05) is 25.1 Å². The number of Topliss-reactive ketones (excluding diaryl/α,β-unsaturated/α-hetero) is 1. The fraction of sp³-hybridized carbons (Fsp3) is 0.296. The maximum atomic E-state index is 13.0. The first-order valence-corrected chi connectivity index (χ1v) is 12.5. The third kappa shape index (κ3) is 7.82. The van der Waals surface area contributed by atoms with Gasteiger partial charge in [-0.05, 0) is 60.9 Å². The van der Waals surface area contributed by atoms with Gasteiger partial charge in [0.15, 0.2) is 5.78 Å². The summed E-state index contributed by atoms with van der Waals surface area (Å²) < 4.78 is 43.7. The van der Waals surface area contributed by atoms with Gasteiger partial charge in [-0.3, -0.25) is 10.1 Å². The second kappa shape index (κ2) is 12.1. The van der Waals surface area contributed by atoms with Crippen LogP contribution in [0, 0.1) is 0 Å². The predicted octanol–water partition coefficient (Wildman–Crippen LogP) is 7.01. The first-order chi connectivity index (χ1) is 17.8. The number of alkyl halides is 3. The van der Waals surface area contributed by atoms with E-state index >= 15 is 0 Å². The highest BCUT2D eigenvalue weighted by molar-refractivity contribution is 7.19. The normalized spacial score (nSPS) is 13.2. The summed E-state index contributed by atoms with van der Waals surface area (Å²) in [6.45, 7) is 3.26. The van der Waals surface area contributed by atoms with Gasteiger partial charge < -0.3 is 14.6 Å². The molecule has 3 aromatic rings. The molecule has 0 aliphatic carbocycles. The summed E-state index contributed by atoms with van der Waals surface area (Å²) in [4.78, 5) is 36.6. The van der Waals surface area contributed by atoms with Crippen LogP contribution < -0.4 is 10.9 Å². The summed E-state index contributed by atoms with van der Waals surface area (Å²) >= 11 is 1.30. The Kier molecular flexibility index (Phi) is 9.16. The average Bonchev–Trinajstić information content (AvgIpc) is 3.22. The standard InChI is InChI=1S/C27H26F3NO6S/c1-15(5-3-4-10-31-26(35)36)21-14-20(32)23(25(34)37-21)24(33)16(2)11-19-13-18-7-6-17(12-22(18)38-19)8-9-27(28,29)30/h4,6-7,10-15,31-32H,3,5,8-9H2,1-2H3,(H,35,36)/b10-4+,16-11+. The lowest BCUT2D eigenvalue weighted by atomic mass is 10.00. The van der Waals surface area contributed by atoms with E-state index in [-0.39, 0.29) is 23.7 Å². The number of aromatic hydroxyl groups is 1. The smallest absolute Gasteiger partial charge is 0.408 e. The minimum absolute atomic E-state index is 0.123. The number of allylic oxidation sites excluding steroid dienone is 2. The van der Waals surface area contributed by atoms with Crippen LogP contribution in [0.25, 0.3) is 16.2 Å². The average molecular weight is 550 g/mol. The zero-order chi connectivity index (χ0) is 28.0.